The van der Waals surface area contributed by atoms with E-state index in [1.54, 1.807) is 22.8 Å². The summed E-state index contributed by atoms with van der Waals surface area (Å²) >= 11 is 0. The summed E-state index contributed by atoms with van der Waals surface area (Å²) in [7, 11) is 0. The molecule has 0 saturated heterocycles. The largest absolute Gasteiger partial charge is 0.471 e. The minimum Gasteiger partial charge on any atom is -0.318 e. The molecule has 4 N–H and O–H groups in total. The topological polar surface area (TPSA) is 141 Å². The molecule has 2 aromatic rings. The number of carbonyl (C=O) groups excluding carboxylic acids is 4. The van der Waals surface area contributed by atoms with Gasteiger partial charge in [0.1, 0.15) is 0 Å². The van der Waals surface area contributed by atoms with E-state index < -0.39 is 36.0 Å². The van der Waals surface area contributed by atoms with Gasteiger partial charge in [-0.05, 0) is 62.1 Å². The summed E-state index contributed by atoms with van der Waals surface area (Å²) in [6.45, 7) is 3.05. The Morgan fingerprint density at radius 3 is 1.35 bits per heavy atom. The third kappa shape index (κ3) is 12.3. The number of amides is 4. The molecular weight excluding hydrogens is 586 g/mol. The summed E-state index contributed by atoms with van der Waals surface area (Å²) in [6.07, 6.45) is -8.49. The molecule has 0 atom stereocenters. The fraction of sp³-hybridized carbons (Fsp3) is 0.333. The number of nitrogens with one attached hydrogen (secondary N) is 4. The lowest BCUT2D eigenvalue weighted by molar-refractivity contribution is -0.167. The first-order chi connectivity index (χ1) is 20.1. The molecule has 10 nitrogen and oxygen atoms in total. The van der Waals surface area contributed by atoms with E-state index in [2.05, 4.69) is 21.1 Å². The van der Waals surface area contributed by atoms with Crippen LogP contribution in [0.25, 0.3) is 0 Å². The number of hydrogen-bond donors (Lipinski definition) is 4. The maximum absolute atomic E-state index is 12.4. The molecule has 16 heteroatoms. The number of carbonyl (C=O) groups is 4. The molecule has 2 rings (SSSR count). The first-order valence-corrected chi connectivity index (χ1v) is 12.7. The number of hydrogen-bond acceptors (Lipinski definition) is 6. The molecule has 0 heterocycles. The minimum absolute atomic E-state index is 0.0883. The first kappa shape index (κ1) is 34.4. The van der Waals surface area contributed by atoms with E-state index in [0.29, 0.717) is 41.8 Å². The van der Waals surface area contributed by atoms with Crippen molar-refractivity contribution in [3.63, 3.8) is 0 Å². The monoisotopic (exact) mass is 614 g/mol. The summed E-state index contributed by atoms with van der Waals surface area (Å²) in [5.41, 5.74) is 5.85. The van der Waals surface area contributed by atoms with E-state index in [1.165, 1.54) is 50.2 Å². The van der Waals surface area contributed by atoms with Crippen molar-refractivity contribution in [2.45, 2.75) is 58.3 Å². The van der Waals surface area contributed by atoms with E-state index in [9.17, 15) is 45.5 Å². The molecule has 2 aromatic carbocycles. The Kier molecular flexibility index (Phi) is 12.4. The highest BCUT2D eigenvalue weighted by atomic mass is 19.4. The highest BCUT2D eigenvalue weighted by molar-refractivity contribution is 6.02. The molecule has 43 heavy (non-hydrogen) atoms. The molecule has 0 spiro atoms. The van der Waals surface area contributed by atoms with Crippen LogP contribution in [0.3, 0.4) is 0 Å². The second-order valence-corrected chi connectivity index (χ2v) is 9.09. The average Bonchev–Trinajstić information content (AvgIpc) is 2.93. The number of halogens is 6. The van der Waals surface area contributed by atoms with Gasteiger partial charge in [-0.3, -0.25) is 19.2 Å². The van der Waals surface area contributed by atoms with Gasteiger partial charge in [0, 0.05) is 24.2 Å². The summed E-state index contributed by atoms with van der Waals surface area (Å²) in [5, 5.41) is 11.3. The van der Waals surface area contributed by atoms with Crippen LogP contribution in [0, 0.1) is 0 Å². The minimum atomic E-state index is -5.04. The third-order valence-electron chi connectivity index (χ3n) is 5.60. The Labute approximate surface area is 242 Å². The summed E-state index contributed by atoms with van der Waals surface area (Å²) in [5.74, 6) is -5.06. The average molecular weight is 615 g/mol. The van der Waals surface area contributed by atoms with E-state index in [4.69, 9.17) is 0 Å². The highest BCUT2D eigenvalue weighted by Crippen LogP contribution is 2.20. The van der Waals surface area contributed by atoms with Crippen molar-refractivity contribution in [1.29, 1.82) is 0 Å². The number of unbranched alkanes of at least 4 members (excludes halogenated alkanes) is 2. The molecule has 0 unspecified atom stereocenters. The summed E-state index contributed by atoms with van der Waals surface area (Å²) in [4.78, 5) is 46.3. The van der Waals surface area contributed by atoms with Gasteiger partial charge in [0.25, 0.3) is 0 Å². The Morgan fingerprint density at radius 2 is 1.00 bits per heavy atom. The van der Waals surface area contributed by atoms with E-state index >= 15 is 0 Å². The molecular formula is C27H28F6N6O4. The van der Waals surface area contributed by atoms with E-state index in [1.807, 2.05) is 0 Å². The van der Waals surface area contributed by atoms with Crippen molar-refractivity contribution >= 4 is 46.4 Å². The van der Waals surface area contributed by atoms with Crippen LogP contribution in [-0.4, -0.2) is 47.4 Å². The predicted molar refractivity (Wildman–Crippen MR) is 146 cm³/mol. The Morgan fingerprint density at radius 1 is 0.628 bits per heavy atom. The number of nitrogens with zero attached hydrogens (tertiary/aromatic N) is 2. The molecule has 4 amide bonds. The van der Waals surface area contributed by atoms with Crippen LogP contribution in [0.2, 0.25) is 0 Å². The first-order valence-electron chi connectivity index (χ1n) is 12.7. The van der Waals surface area contributed by atoms with E-state index in [-0.39, 0.29) is 24.2 Å². The second-order valence-electron chi connectivity index (χ2n) is 9.09. The van der Waals surface area contributed by atoms with Crippen molar-refractivity contribution in [1.82, 2.24) is 10.9 Å². The maximum Gasteiger partial charge on any atom is 0.471 e. The van der Waals surface area contributed by atoms with Crippen molar-refractivity contribution in [3.05, 3.63) is 59.7 Å². The second kappa shape index (κ2) is 15.5. The molecule has 0 aliphatic rings. The van der Waals surface area contributed by atoms with Crippen LogP contribution in [0.4, 0.5) is 37.7 Å². The number of hydrazone groups is 2. The number of rotatable bonds is 12. The molecule has 232 valence electrons. The van der Waals surface area contributed by atoms with Crippen LogP contribution >= 0.6 is 0 Å². The predicted octanol–water partition coefficient (Wildman–Crippen LogP) is 5.02. The zero-order valence-corrected chi connectivity index (χ0v) is 22.9. The smallest absolute Gasteiger partial charge is 0.318 e. The molecule has 0 aromatic heterocycles. The van der Waals surface area contributed by atoms with Gasteiger partial charge in [-0.25, -0.2) is 10.9 Å². The van der Waals surface area contributed by atoms with Gasteiger partial charge >= 0.3 is 24.2 Å². The highest BCUT2D eigenvalue weighted by Gasteiger charge is 2.39. The van der Waals surface area contributed by atoms with E-state index in [0.717, 1.165) is 0 Å². The van der Waals surface area contributed by atoms with Gasteiger partial charge in [-0.2, -0.15) is 36.5 Å². The number of anilines is 2. The fourth-order valence-corrected chi connectivity index (χ4v) is 3.33. The SMILES string of the molecule is C/C(=N\NC(=O)CCCCCC(=O)N/N=C(\C)c1cccc(NC(=O)C(F)(F)F)c1)c1cccc(NC(=O)C(F)(F)F)c1. The van der Waals surface area contributed by atoms with Gasteiger partial charge < -0.3 is 10.6 Å². The molecule has 0 radical (unpaired) electrons. The lowest BCUT2D eigenvalue weighted by atomic mass is 10.1. The lowest BCUT2D eigenvalue weighted by Crippen LogP contribution is -2.29. The number of benzene rings is 2. The van der Waals surface area contributed by atoms with Gasteiger partial charge in [0.05, 0.1) is 11.4 Å². The van der Waals surface area contributed by atoms with Crippen LogP contribution in [0.15, 0.2) is 58.7 Å². The number of alkyl halides is 6. The summed E-state index contributed by atoms with van der Waals surface area (Å²) in [6, 6.07) is 11.0. The van der Waals surface area contributed by atoms with Gasteiger partial charge in [-0.15, -0.1) is 0 Å². The zero-order chi connectivity index (χ0) is 32.2. The Hall–Kier alpha value is -4.76. The van der Waals surface area contributed by atoms with Crippen molar-refractivity contribution in [2.75, 3.05) is 10.6 Å². The Bertz CT molecular complexity index is 1290. The molecule has 0 fully saturated rings. The lowest BCUT2D eigenvalue weighted by Gasteiger charge is -2.09. The zero-order valence-electron chi connectivity index (χ0n) is 22.9. The fourth-order valence-electron chi connectivity index (χ4n) is 3.33. The van der Waals surface area contributed by atoms with Crippen LogP contribution in [0.1, 0.15) is 57.1 Å². The normalized spacial score (nSPS) is 12.4. The van der Waals surface area contributed by atoms with Crippen LogP contribution in [0.5, 0.6) is 0 Å². The standard InChI is InChI=1S/C27H28F6N6O4/c1-16(18-8-6-10-20(14-18)34-24(42)26(28,29)30)36-38-22(40)12-4-3-5-13-23(41)39-37-17(2)19-9-7-11-21(15-19)35-25(43)27(31,32)33/h6-11,14-15H,3-5,12-13H2,1-2H3,(H,34,42)(H,35,43)(H,38,40)(H,39,41)/b36-16+,37-17+. The van der Waals surface area contributed by atoms with Crippen LogP contribution in [-0.2, 0) is 19.2 Å². The van der Waals surface area contributed by atoms with Crippen LogP contribution < -0.4 is 21.5 Å². The maximum atomic E-state index is 12.4. The molecule has 0 aliphatic carbocycles. The van der Waals surface area contributed by atoms with Gasteiger partial charge in [-0.1, -0.05) is 30.7 Å². The van der Waals surface area contributed by atoms with Crippen molar-refractivity contribution in [2.24, 2.45) is 10.2 Å². The Balaban J connectivity index is 1.73. The summed E-state index contributed by atoms with van der Waals surface area (Å²) < 4.78 is 74.6. The van der Waals surface area contributed by atoms with Crippen molar-refractivity contribution < 1.29 is 45.5 Å². The van der Waals surface area contributed by atoms with Gasteiger partial charge in [0.15, 0.2) is 0 Å². The molecule has 0 saturated carbocycles. The molecule has 0 aliphatic heterocycles. The van der Waals surface area contributed by atoms with Gasteiger partial charge in [0.2, 0.25) is 11.8 Å². The molecule has 0 bridgehead atoms. The quantitative estimate of drug-likeness (QED) is 0.115. The third-order valence-corrected chi connectivity index (χ3v) is 5.60. The van der Waals surface area contributed by atoms with Crippen molar-refractivity contribution in [3.8, 4) is 0 Å².